The highest BCUT2D eigenvalue weighted by Crippen LogP contribution is 2.19. The van der Waals surface area contributed by atoms with Crippen molar-refractivity contribution < 1.29 is 12.8 Å². The molecule has 2 heterocycles. The van der Waals surface area contributed by atoms with Crippen LogP contribution in [0.5, 0.6) is 0 Å². The standard InChI is InChI=1S/C11H17N5O3S/c1-8-10(5-9(19-8)6-12-2)20(17,18)15-4-3-11-13-7-14-16-11/h5,7,12,15H,3-4,6H2,1-2H3,(H,13,14,16). The van der Waals surface area contributed by atoms with Crippen LogP contribution in [0.1, 0.15) is 17.3 Å². The molecule has 110 valence electrons. The Kier molecular flexibility index (Phi) is 4.53. The van der Waals surface area contributed by atoms with Crippen molar-refractivity contribution in [2.45, 2.75) is 24.8 Å². The van der Waals surface area contributed by atoms with Gasteiger partial charge in [0.15, 0.2) is 0 Å². The summed E-state index contributed by atoms with van der Waals surface area (Å²) < 4.78 is 32.2. The first kappa shape index (κ1) is 14.7. The van der Waals surface area contributed by atoms with Crippen LogP contribution in [0, 0.1) is 6.92 Å². The zero-order valence-electron chi connectivity index (χ0n) is 11.3. The molecule has 20 heavy (non-hydrogen) atoms. The van der Waals surface area contributed by atoms with Gasteiger partial charge in [0, 0.05) is 19.0 Å². The molecule has 0 fully saturated rings. The lowest BCUT2D eigenvalue weighted by atomic mass is 10.4. The summed E-state index contributed by atoms with van der Waals surface area (Å²) in [6.45, 7) is 2.35. The van der Waals surface area contributed by atoms with Crippen molar-refractivity contribution in [1.29, 1.82) is 0 Å². The maximum absolute atomic E-state index is 12.2. The number of aryl methyl sites for hydroxylation is 1. The number of H-pyrrole nitrogens is 1. The van der Waals surface area contributed by atoms with E-state index in [1.807, 2.05) is 0 Å². The van der Waals surface area contributed by atoms with Gasteiger partial charge in [0.2, 0.25) is 10.0 Å². The number of aromatic amines is 1. The molecule has 0 atom stereocenters. The smallest absolute Gasteiger partial charge is 0.244 e. The van der Waals surface area contributed by atoms with E-state index in [0.717, 1.165) is 0 Å². The average Bonchev–Trinajstić information content (AvgIpc) is 2.99. The number of furan rings is 1. The second kappa shape index (κ2) is 6.16. The Morgan fingerprint density at radius 2 is 2.25 bits per heavy atom. The molecule has 0 saturated heterocycles. The zero-order chi connectivity index (χ0) is 14.6. The Bertz CT molecular complexity index is 648. The van der Waals surface area contributed by atoms with Crippen LogP contribution in [0.15, 0.2) is 21.7 Å². The zero-order valence-corrected chi connectivity index (χ0v) is 12.1. The minimum absolute atomic E-state index is 0.167. The summed E-state index contributed by atoms with van der Waals surface area (Å²) in [6.07, 6.45) is 1.83. The highest BCUT2D eigenvalue weighted by atomic mass is 32.2. The van der Waals surface area contributed by atoms with Crippen LogP contribution in [0.2, 0.25) is 0 Å². The van der Waals surface area contributed by atoms with E-state index < -0.39 is 10.0 Å². The van der Waals surface area contributed by atoms with Crippen LogP contribution in [-0.4, -0.2) is 37.2 Å². The van der Waals surface area contributed by atoms with Gasteiger partial charge in [-0.2, -0.15) is 5.10 Å². The normalized spacial score (nSPS) is 11.9. The van der Waals surface area contributed by atoms with Gasteiger partial charge >= 0.3 is 0 Å². The Hall–Kier alpha value is -1.71. The molecule has 0 aromatic carbocycles. The molecular weight excluding hydrogens is 282 g/mol. The summed E-state index contributed by atoms with van der Waals surface area (Å²) in [5.41, 5.74) is 0. The van der Waals surface area contributed by atoms with Crippen LogP contribution in [-0.2, 0) is 23.0 Å². The van der Waals surface area contributed by atoms with Gasteiger partial charge in [-0.25, -0.2) is 18.1 Å². The summed E-state index contributed by atoms with van der Waals surface area (Å²) in [5, 5.41) is 9.28. The molecular formula is C11H17N5O3S. The minimum Gasteiger partial charge on any atom is -0.464 e. The summed E-state index contributed by atoms with van der Waals surface area (Å²) in [6, 6.07) is 1.53. The number of sulfonamides is 1. The van der Waals surface area contributed by atoms with E-state index in [2.05, 4.69) is 25.2 Å². The van der Waals surface area contributed by atoms with E-state index in [9.17, 15) is 8.42 Å². The van der Waals surface area contributed by atoms with Gasteiger partial charge < -0.3 is 9.73 Å². The summed E-state index contributed by atoms with van der Waals surface area (Å²) in [4.78, 5) is 4.09. The fourth-order valence-corrected chi connectivity index (χ4v) is 3.02. The first-order valence-electron chi connectivity index (χ1n) is 6.11. The predicted molar refractivity (Wildman–Crippen MR) is 71.5 cm³/mol. The van der Waals surface area contributed by atoms with E-state index in [1.165, 1.54) is 12.4 Å². The molecule has 0 unspecified atom stereocenters. The topological polar surface area (TPSA) is 113 Å². The van der Waals surface area contributed by atoms with Crippen molar-refractivity contribution in [3.63, 3.8) is 0 Å². The van der Waals surface area contributed by atoms with Crippen molar-refractivity contribution in [2.24, 2.45) is 0 Å². The molecule has 0 aliphatic rings. The summed E-state index contributed by atoms with van der Waals surface area (Å²) in [7, 11) is -1.81. The largest absolute Gasteiger partial charge is 0.464 e. The molecule has 2 aromatic heterocycles. The van der Waals surface area contributed by atoms with E-state index in [-0.39, 0.29) is 11.4 Å². The number of nitrogens with one attached hydrogen (secondary N) is 3. The third kappa shape index (κ3) is 3.44. The molecule has 0 radical (unpaired) electrons. The number of nitrogens with zero attached hydrogens (tertiary/aromatic N) is 2. The number of rotatable bonds is 7. The summed E-state index contributed by atoms with van der Waals surface area (Å²) >= 11 is 0. The third-order valence-electron chi connectivity index (χ3n) is 2.68. The molecule has 0 saturated carbocycles. The molecule has 0 amide bonds. The highest BCUT2D eigenvalue weighted by molar-refractivity contribution is 7.89. The van der Waals surface area contributed by atoms with Gasteiger partial charge in [0.25, 0.3) is 0 Å². The van der Waals surface area contributed by atoms with Crippen molar-refractivity contribution in [3.05, 3.63) is 29.7 Å². The molecule has 2 aromatic rings. The fraction of sp³-hybridized carbons (Fsp3) is 0.455. The monoisotopic (exact) mass is 299 g/mol. The lowest BCUT2D eigenvalue weighted by Gasteiger charge is -2.03. The van der Waals surface area contributed by atoms with Crippen molar-refractivity contribution in [3.8, 4) is 0 Å². The van der Waals surface area contributed by atoms with Gasteiger partial charge in [0.05, 0.1) is 6.54 Å². The van der Waals surface area contributed by atoms with E-state index >= 15 is 0 Å². The predicted octanol–water partition coefficient (Wildman–Crippen LogP) is -0.0535. The van der Waals surface area contributed by atoms with Crippen molar-refractivity contribution >= 4 is 10.0 Å². The van der Waals surface area contributed by atoms with Crippen LogP contribution in [0.4, 0.5) is 0 Å². The highest BCUT2D eigenvalue weighted by Gasteiger charge is 2.20. The Morgan fingerprint density at radius 3 is 2.90 bits per heavy atom. The third-order valence-corrected chi connectivity index (χ3v) is 4.25. The molecule has 2 rings (SSSR count). The van der Waals surface area contributed by atoms with Gasteiger partial charge in [-0.15, -0.1) is 0 Å². The Morgan fingerprint density at radius 1 is 1.45 bits per heavy atom. The van der Waals surface area contributed by atoms with Crippen LogP contribution in [0.25, 0.3) is 0 Å². The van der Waals surface area contributed by atoms with Gasteiger partial charge in [0.1, 0.15) is 28.6 Å². The van der Waals surface area contributed by atoms with Gasteiger partial charge in [-0.3, -0.25) is 5.10 Å². The maximum Gasteiger partial charge on any atom is 0.244 e. The molecule has 3 N–H and O–H groups in total. The second-order valence-electron chi connectivity index (χ2n) is 4.24. The second-order valence-corrected chi connectivity index (χ2v) is 5.98. The molecule has 0 bridgehead atoms. The minimum atomic E-state index is -3.58. The SMILES string of the molecule is CNCc1cc(S(=O)(=O)NCCc2ncn[nH]2)c(C)o1. The quantitative estimate of drug-likeness (QED) is 0.660. The summed E-state index contributed by atoms with van der Waals surface area (Å²) in [5.74, 6) is 1.59. The van der Waals surface area contributed by atoms with Gasteiger partial charge in [-0.1, -0.05) is 0 Å². The first-order valence-corrected chi connectivity index (χ1v) is 7.59. The average molecular weight is 299 g/mol. The van der Waals surface area contributed by atoms with Crippen molar-refractivity contribution in [2.75, 3.05) is 13.6 Å². The van der Waals surface area contributed by atoms with Crippen molar-refractivity contribution in [1.82, 2.24) is 25.2 Å². The van der Waals surface area contributed by atoms with Crippen LogP contribution < -0.4 is 10.0 Å². The van der Waals surface area contributed by atoms with E-state index in [4.69, 9.17) is 4.42 Å². The molecule has 8 nitrogen and oxygen atoms in total. The first-order chi connectivity index (χ1) is 9.53. The maximum atomic E-state index is 12.2. The lowest BCUT2D eigenvalue weighted by Crippen LogP contribution is -2.26. The molecule has 0 spiro atoms. The lowest BCUT2D eigenvalue weighted by molar-refractivity contribution is 0.465. The Balaban J connectivity index is 2.02. The fourth-order valence-electron chi connectivity index (χ4n) is 1.79. The molecule has 0 aliphatic heterocycles. The molecule has 9 heteroatoms. The van der Waals surface area contributed by atoms with E-state index in [0.29, 0.717) is 30.3 Å². The van der Waals surface area contributed by atoms with Gasteiger partial charge in [-0.05, 0) is 14.0 Å². The Labute approximate surface area is 117 Å². The number of hydrogen-bond donors (Lipinski definition) is 3. The van der Waals surface area contributed by atoms with Crippen LogP contribution in [0.3, 0.4) is 0 Å². The van der Waals surface area contributed by atoms with E-state index in [1.54, 1.807) is 14.0 Å². The number of aromatic nitrogens is 3. The number of hydrogen-bond acceptors (Lipinski definition) is 6. The molecule has 0 aliphatic carbocycles. The van der Waals surface area contributed by atoms with Crippen LogP contribution >= 0.6 is 0 Å².